The number of nitrogens with zero attached hydrogens (tertiary/aromatic N) is 1. The van der Waals surface area contributed by atoms with Crippen LogP contribution in [0.15, 0.2) is 29.9 Å². The lowest BCUT2D eigenvalue weighted by Crippen LogP contribution is -2.23. The van der Waals surface area contributed by atoms with E-state index in [0.29, 0.717) is 17.7 Å². The summed E-state index contributed by atoms with van der Waals surface area (Å²) in [5.74, 6) is 5.48. The first-order chi connectivity index (χ1) is 10.3. The number of pyridine rings is 1. The Morgan fingerprint density at radius 1 is 1.48 bits per heavy atom. The second-order valence-corrected chi connectivity index (χ2v) is 5.33. The topological polar surface area (TPSA) is 68.0 Å². The average molecular weight is 299 g/mol. The first kappa shape index (κ1) is 15.2. The molecule has 1 amide bonds. The summed E-state index contributed by atoms with van der Waals surface area (Å²) in [5.41, 5.74) is 7.77. The van der Waals surface area contributed by atoms with Crippen LogP contribution in [0.5, 0.6) is 0 Å². The molecule has 0 fully saturated rings. The van der Waals surface area contributed by atoms with Crippen LogP contribution >= 0.6 is 11.3 Å². The van der Waals surface area contributed by atoms with Crippen LogP contribution < -0.4 is 11.1 Å². The lowest BCUT2D eigenvalue weighted by molar-refractivity contribution is 0.0951. The third kappa shape index (κ3) is 3.91. The zero-order valence-corrected chi connectivity index (χ0v) is 12.7. The monoisotopic (exact) mass is 299 g/mol. The number of aromatic nitrogens is 1. The van der Waals surface area contributed by atoms with Gasteiger partial charge in [-0.2, -0.15) is 0 Å². The fourth-order valence-corrected chi connectivity index (χ4v) is 2.85. The van der Waals surface area contributed by atoms with Gasteiger partial charge >= 0.3 is 0 Å². The average Bonchev–Trinajstić information content (AvgIpc) is 2.98. The summed E-state index contributed by atoms with van der Waals surface area (Å²) in [6.07, 6.45) is 4.14. The molecule has 0 atom stereocenters. The molecule has 2 aromatic rings. The molecule has 2 aromatic heterocycles. The lowest BCUT2D eigenvalue weighted by Gasteiger charge is -2.07. The number of rotatable bonds is 4. The normalized spacial score (nSPS) is 9.81. The molecule has 0 aromatic carbocycles. The van der Waals surface area contributed by atoms with Crippen molar-refractivity contribution in [2.24, 2.45) is 5.73 Å². The molecule has 2 rings (SSSR count). The zero-order chi connectivity index (χ0) is 15.1. The third-order valence-corrected chi connectivity index (χ3v) is 3.98. The van der Waals surface area contributed by atoms with E-state index < -0.39 is 0 Å². The Labute approximate surface area is 128 Å². The quantitative estimate of drug-likeness (QED) is 0.848. The molecular formula is C16H17N3OS. The van der Waals surface area contributed by atoms with Gasteiger partial charge in [0.15, 0.2) is 0 Å². The molecule has 21 heavy (non-hydrogen) atoms. The highest BCUT2D eigenvalue weighted by Crippen LogP contribution is 2.17. The van der Waals surface area contributed by atoms with Gasteiger partial charge in [0.2, 0.25) is 0 Å². The van der Waals surface area contributed by atoms with E-state index in [1.807, 2.05) is 5.38 Å². The van der Waals surface area contributed by atoms with Gasteiger partial charge in [0.1, 0.15) is 0 Å². The van der Waals surface area contributed by atoms with Crippen molar-refractivity contribution in [3.63, 3.8) is 0 Å². The molecule has 0 aliphatic rings. The molecule has 0 spiro atoms. The highest BCUT2D eigenvalue weighted by atomic mass is 32.1. The van der Waals surface area contributed by atoms with E-state index in [1.54, 1.807) is 29.8 Å². The highest BCUT2D eigenvalue weighted by molar-refractivity contribution is 7.10. The van der Waals surface area contributed by atoms with Gasteiger partial charge in [0, 0.05) is 17.3 Å². The minimum atomic E-state index is -0.144. The van der Waals surface area contributed by atoms with Gasteiger partial charge in [-0.3, -0.25) is 9.78 Å². The summed E-state index contributed by atoms with van der Waals surface area (Å²) in [7, 11) is 0. The zero-order valence-electron chi connectivity index (χ0n) is 11.8. The van der Waals surface area contributed by atoms with Gasteiger partial charge in [0.05, 0.1) is 24.2 Å². The first-order valence-corrected chi connectivity index (χ1v) is 7.60. The molecule has 4 nitrogen and oxygen atoms in total. The van der Waals surface area contributed by atoms with Gasteiger partial charge in [-0.05, 0) is 29.5 Å². The molecule has 2 heterocycles. The van der Waals surface area contributed by atoms with Crippen LogP contribution in [0, 0.1) is 11.8 Å². The van der Waals surface area contributed by atoms with Crippen molar-refractivity contribution in [1.82, 2.24) is 10.3 Å². The van der Waals surface area contributed by atoms with Crippen molar-refractivity contribution in [2.75, 3.05) is 6.54 Å². The molecule has 0 radical (unpaired) electrons. The Morgan fingerprint density at radius 3 is 3.10 bits per heavy atom. The molecule has 5 heteroatoms. The van der Waals surface area contributed by atoms with Crippen LogP contribution in [0.3, 0.4) is 0 Å². The number of nitrogens with one attached hydrogen (secondary N) is 1. The van der Waals surface area contributed by atoms with E-state index in [0.717, 1.165) is 6.42 Å². The van der Waals surface area contributed by atoms with Crippen molar-refractivity contribution in [2.45, 2.75) is 19.9 Å². The molecular weight excluding hydrogens is 282 g/mol. The minimum absolute atomic E-state index is 0.144. The smallest absolute Gasteiger partial charge is 0.252 e. The fraction of sp³-hybridized carbons (Fsp3) is 0.250. The molecule has 0 saturated heterocycles. The van der Waals surface area contributed by atoms with Gasteiger partial charge < -0.3 is 11.1 Å². The molecule has 0 unspecified atom stereocenters. The highest BCUT2D eigenvalue weighted by Gasteiger charge is 2.11. The van der Waals surface area contributed by atoms with Crippen molar-refractivity contribution in [3.8, 4) is 11.8 Å². The molecule has 3 N–H and O–H groups in total. The Balaban J connectivity index is 2.10. The minimum Gasteiger partial charge on any atom is -0.347 e. The summed E-state index contributed by atoms with van der Waals surface area (Å²) in [4.78, 5) is 17.5. The number of hydrogen-bond acceptors (Lipinski definition) is 4. The van der Waals surface area contributed by atoms with Crippen LogP contribution in [0.4, 0.5) is 0 Å². The number of thiophene rings is 1. The summed E-state index contributed by atoms with van der Waals surface area (Å²) in [5, 5.41) is 4.98. The summed E-state index contributed by atoms with van der Waals surface area (Å²) in [6, 6.07) is 3.77. The molecule has 0 aliphatic heterocycles. The van der Waals surface area contributed by atoms with Crippen LogP contribution in [0.2, 0.25) is 0 Å². The van der Waals surface area contributed by atoms with E-state index in [9.17, 15) is 4.79 Å². The number of nitrogens with two attached hydrogens (primary N) is 1. The Kier molecular flexibility index (Phi) is 5.50. The molecule has 0 saturated carbocycles. The molecule has 0 bridgehead atoms. The Hall–Kier alpha value is -2.16. The number of carbonyl (C=O) groups excluding carboxylic acids is 1. The largest absolute Gasteiger partial charge is 0.347 e. The number of amides is 1. The van der Waals surface area contributed by atoms with E-state index in [4.69, 9.17) is 5.73 Å². The van der Waals surface area contributed by atoms with E-state index >= 15 is 0 Å². The maximum Gasteiger partial charge on any atom is 0.252 e. The van der Waals surface area contributed by atoms with E-state index in [-0.39, 0.29) is 12.5 Å². The second-order valence-electron chi connectivity index (χ2n) is 4.33. The fourth-order valence-electron chi connectivity index (χ4n) is 1.93. The van der Waals surface area contributed by atoms with Crippen LogP contribution in [-0.2, 0) is 13.0 Å². The SMILES string of the molecule is CCc1ccsc1CNC(=O)c1ccncc1C#CCN. The van der Waals surface area contributed by atoms with Gasteiger partial charge in [0.25, 0.3) is 5.91 Å². The van der Waals surface area contributed by atoms with Gasteiger partial charge in [-0.15, -0.1) is 11.3 Å². The summed E-state index contributed by atoms with van der Waals surface area (Å²) >= 11 is 1.66. The first-order valence-electron chi connectivity index (χ1n) is 6.72. The lowest BCUT2D eigenvalue weighted by atomic mass is 10.1. The summed E-state index contributed by atoms with van der Waals surface area (Å²) in [6.45, 7) is 2.90. The van der Waals surface area contributed by atoms with Crippen molar-refractivity contribution < 1.29 is 4.79 Å². The maximum absolute atomic E-state index is 12.3. The maximum atomic E-state index is 12.3. The Bertz CT molecular complexity index is 682. The van der Waals surface area contributed by atoms with Crippen molar-refractivity contribution in [3.05, 3.63) is 51.5 Å². The van der Waals surface area contributed by atoms with Gasteiger partial charge in [-0.1, -0.05) is 18.8 Å². The number of hydrogen-bond donors (Lipinski definition) is 2. The van der Waals surface area contributed by atoms with Crippen LogP contribution in [0.1, 0.15) is 33.3 Å². The number of carbonyl (C=O) groups is 1. The second kappa shape index (κ2) is 7.58. The third-order valence-electron chi connectivity index (χ3n) is 3.02. The standard InChI is InChI=1S/C16H17N3OS/c1-2-12-6-9-21-15(12)11-19-16(20)14-5-8-18-10-13(14)4-3-7-17/h5-6,8-10H,2,7,11,17H2,1H3,(H,19,20). The van der Waals surface area contributed by atoms with E-state index in [2.05, 4.69) is 35.1 Å². The summed E-state index contributed by atoms with van der Waals surface area (Å²) < 4.78 is 0. The predicted molar refractivity (Wildman–Crippen MR) is 85.0 cm³/mol. The number of aryl methyl sites for hydroxylation is 1. The van der Waals surface area contributed by atoms with E-state index in [1.165, 1.54) is 10.4 Å². The van der Waals surface area contributed by atoms with Crippen molar-refractivity contribution >= 4 is 17.2 Å². The Morgan fingerprint density at radius 2 is 2.33 bits per heavy atom. The van der Waals surface area contributed by atoms with Crippen LogP contribution in [0.25, 0.3) is 0 Å². The molecule has 108 valence electrons. The predicted octanol–water partition coefficient (Wildman–Crippen LogP) is 1.95. The van der Waals surface area contributed by atoms with Crippen LogP contribution in [-0.4, -0.2) is 17.4 Å². The molecule has 0 aliphatic carbocycles. The van der Waals surface area contributed by atoms with Crippen molar-refractivity contribution in [1.29, 1.82) is 0 Å². The van der Waals surface area contributed by atoms with Gasteiger partial charge in [-0.25, -0.2) is 0 Å².